The van der Waals surface area contributed by atoms with Crippen molar-refractivity contribution in [2.24, 2.45) is 11.3 Å². The zero-order valence-corrected chi connectivity index (χ0v) is 15.6. The van der Waals surface area contributed by atoms with Crippen molar-refractivity contribution in [1.29, 1.82) is 0 Å². The Morgan fingerprint density at radius 2 is 2.00 bits per heavy atom. The zero-order chi connectivity index (χ0) is 19.1. The molecule has 1 aromatic carbocycles. The number of halogens is 1. The third-order valence-electron chi connectivity index (χ3n) is 4.97. The van der Waals surface area contributed by atoms with Crippen LogP contribution in [-0.4, -0.2) is 18.4 Å². The first kappa shape index (κ1) is 18.4. The number of carbonyl (C=O) groups excluding carboxylic acids is 2. The van der Waals surface area contributed by atoms with E-state index in [9.17, 15) is 14.0 Å². The van der Waals surface area contributed by atoms with E-state index < -0.39 is 23.6 Å². The molecule has 0 fully saturated rings. The molecule has 1 aromatic rings. The lowest BCUT2D eigenvalue weighted by atomic mass is 9.66. The normalized spacial score (nSPS) is 24.5. The first-order chi connectivity index (χ1) is 12.2. The molecular formula is C21H24FNO3. The monoisotopic (exact) mass is 357 g/mol. The number of hydrogen-bond donors (Lipinski definition) is 1. The third kappa shape index (κ3) is 3.18. The van der Waals surface area contributed by atoms with Gasteiger partial charge in [0.25, 0.3) is 0 Å². The molecule has 138 valence electrons. The highest BCUT2D eigenvalue weighted by atomic mass is 19.1. The van der Waals surface area contributed by atoms with Gasteiger partial charge in [-0.25, -0.2) is 9.18 Å². The Balaban J connectivity index is 2.22. The van der Waals surface area contributed by atoms with Crippen LogP contribution in [0, 0.1) is 17.2 Å². The van der Waals surface area contributed by atoms with Crippen molar-refractivity contribution < 1.29 is 18.7 Å². The van der Waals surface area contributed by atoms with Gasteiger partial charge in [0.05, 0.1) is 18.1 Å². The molecule has 0 amide bonds. The fourth-order valence-corrected chi connectivity index (χ4v) is 4.01. The molecule has 2 unspecified atom stereocenters. The number of ether oxygens (including phenoxy) is 1. The van der Waals surface area contributed by atoms with Crippen molar-refractivity contribution in [2.45, 2.75) is 40.0 Å². The summed E-state index contributed by atoms with van der Waals surface area (Å²) in [5.41, 5.74) is 1.74. The summed E-state index contributed by atoms with van der Waals surface area (Å²) in [6, 6.07) is 6.32. The molecule has 1 aliphatic carbocycles. The van der Waals surface area contributed by atoms with Gasteiger partial charge in [-0.2, -0.15) is 0 Å². The second-order valence-electron chi connectivity index (χ2n) is 7.59. The van der Waals surface area contributed by atoms with Crippen LogP contribution in [0.4, 0.5) is 4.39 Å². The smallest absolute Gasteiger partial charge is 0.336 e. The number of nitrogens with one attached hydrogen (secondary N) is 1. The van der Waals surface area contributed by atoms with Crippen molar-refractivity contribution in [3.8, 4) is 0 Å². The van der Waals surface area contributed by atoms with Gasteiger partial charge in [0.15, 0.2) is 0 Å². The molecule has 2 aliphatic rings. The summed E-state index contributed by atoms with van der Waals surface area (Å²) in [7, 11) is 0. The highest BCUT2D eigenvalue weighted by Gasteiger charge is 2.46. The predicted molar refractivity (Wildman–Crippen MR) is 96.6 cm³/mol. The highest BCUT2D eigenvalue weighted by molar-refractivity contribution is 5.96. The molecule has 1 aliphatic heterocycles. The first-order valence-electron chi connectivity index (χ1n) is 8.90. The topological polar surface area (TPSA) is 55.4 Å². The summed E-state index contributed by atoms with van der Waals surface area (Å²) in [5.74, 6) is -2.23. The van der Waals surface area contributed by atoms with Gasteiger partial charge in [-0.15, -0.1) is 0 Å². The SMILES string of the molecule is CCOC(=O)C1=C(C)NC2=CC(C)(C)CC(=O)C2C1c1ccccc1F. The number of carbonyl (C=O) groups is 2. The fraction of sp³-hybridized carbons (Fsp3) is 0.429. The summed E-state index contributed by atoms with van der Waals surface area (Å²) >= 11 is 0. The van der Waals surface area contributed by atoms with Crippen LogP contribution in [0.3, 0.4) is 0 Å². The number of ketones is 1. The maximum atomic E-state index is 14.6. The molecule has 0 radical (unpaired) electrons. The standard InChI is InChI=1S/C21H24FNO3/c1-5-26-20(25)17-12(2)23-15-10-21(3,4)11-16(24)19(15)18(17)13-8-6-7-9-14(13)22/h6-10,18-19,23H,5,11H2,1-4H3. The minimum absolute atomic E-state index is 0.00236. The lowest BCUT2D eigenvalue weighted by molar-refractivity contribution is -0.139. The molecule has 4 nitrogen and oxygen atoms in total. The van der Waals surface area contributed by atoms with E-state index in [1.165, 1.54) is 6.07 Å². The number of Topliss-reactive ketones (excluding diaryl/α,β-unsaturated/α-hetero) is 1. The van der Waals surface area contributed by atoms with E-state index in [0.717, 1.165) is 5.70 Å². The third-order valence-corrected chi connectivity index (χ3v) is 4.97. The predicted octanol–water partition coefficient (Wildman–Crippen LogP) is 3.85. The lowest BCUT2D eigenvalue weighted by Gasteiger charge is -2.41. The Morgan fingerprint density at radius 3 is 2.65 bits per heavy atom. The zero-order valence-electron chi connectivity index (χ0n) is 15.6. The average Bonchev–Trinajstić information content (AvgIpc) is 2.53. The van der Waals surface area contributed by atoms with Crippen molar-refractivity contribution in [1.82, 2.24) is 5.32 Å². The van der Waals surface area contributed by atoms with Crippen LogP contribution in [0.15, 0.2) is 47.3 Å². The summed E-state index contributed by atoms with van der Waals surface area (Å²) in [5, 5.41) is 3.21. The molecule has 2 atom stereocenters. The molecule has 5 heteroatoms. The van der Waals surface area contributed by atoms with Gasteiger partial charge < -0.3 is 10.1 Å². The quantitative estimate of drug-likeness (QED) is 0.835. The lowest BCUT2D eigenvalue weighted by Crippen LogP contribution is -2.43. The Hall–Kier alpha value is -2.43. The highest BCUT2D eigenvalue weighted by Crippen LogP contribution is 2.47. The molecule has 0 saturated carbocycles. The molecule has 0 aromatic heterocycles. The van der Waals surface area contributed by atoms with Crippen molar-refractivity contribution in [3.05, 3.63) is 58.7 Å². The van der Waals surface area contributed by atoms with Gasteiger partial charge in [-0.05, 0) is 30.9 Å². The van der Waals surface area contributed by atoms with E-state index in [1.54, 1.807) is 32.0 Å². The van der Waals surface area contributed by atoms with E-state index in [2.05, 4.69) is 5.32 Å². The molecule has 3 rings (SSSR count). The summed E-state index contributed by atoms with van der Waals surface area (Å²) in [6.07, 6.45) is 2.38. The van der Waals surface area contributed by atoms with E-state index in [4.69, 9.17) is 4.74 Å². The molecule has 26 heavy (non-hydrogen) atoms. The molecular weight excluding hydrogens is 333 g/mol. The van der Waals surface area contributed by atoms with Gasteiger partial charge in [0, 0.05) is 23.7 Å². The van der Waals surface area contributed by atoms with Crippen LogP contribution in [-0.2, 0) is 14.3 Å². The average molecular weight is 357 g/mol. The second-order valence-corrected chi connectivity index (χ2v) is 7.59. The number of allylic oxidation sites excluding steroid dienone is 3. The number of esters is 1. The van der Waals surface area contributed by atoms with Crippen molar-refractivity contribution >= 4 is 11.8 Å². The Labute approximate surface area is 153 Å². The van der Waals surface area contributed by atoms with Gasteiger partial charge in [-0.3, -0.25) is 4.79 Å². The number of hydrogen-bond acceptors (Lipinski definition) is 4. The van der Waals surface area contributed by atoms with E-state index in [0.29, 0.717) is 23.3 Å². The van der Waals surface area contributed by atoms with E-state index in [-0.39, 0.29) is 17.8 Å². The van der Waals surface area contributed by atoms with Crippen LogP contribution in [0.2, 0.25) is 0 Å². The number of fused-ring (bicyclic) bond motifs is 1. The van der Waals surface area contributed by atoms with Crippen LogP contribution < -0.4 is 5.32 Å². The van der Waals surface area contributed by atoms with Crippen LogP contribution in [0.5, 0.6) is 0 Å². The molecule has 0 spiro atoms. The molecule has 1 N–H and O–H groups in total. The fourth-order valence-electron chi connectivity index (χ4n) is 4.01. The number of benzene rings is 1. The van der Waals surface area contributed by atoms with Gasteiger partial charge in [0.2, 0.25) is 0 Å². The van der Waals surface area contributed by atoms with Crippen molar-refractivity contribution in [2.75, 3.05) is 6.61 Å². The van der Waals surface area contributed by atoms with Gasteiger partial charge >= 0.3 is 5.97 Å². The van der Waals surface area contributed by atoms with E-state index in [1.807, 2.05) is 19.9 Å². The molecule has 1 heterocycles. The summed E-state index contributed by atoms with van der Waals surface area (Å²) in [4.78, 5) is 25.6. The molecule has 0 saturated heterocycles. The Bertz CT molecular complexity index is 822. The Morgan fingerprint density at radius 1 is 1.31 bits per heavy atom. The summed E-state index contributed by atoms with van der Waals surface area (Å²) < 4.78 is 19.8. The second kappa shape index (κ2) is 6.71. The maximum Gasteiger partial charge on any atom is 0.336 e. The van der Waals surface area contributed by atoms with E-state index >= 15 is 0 Å². The minimum atomic E-state index is -0.689. The van der Waals surface area contributed by atoms with Crippen LogP contribution >= 0.6 is 0 Å². The Kier molecular flexibility index (Phi) is 4.74. The number of rotatable bonds is 3. The van der Waals surface area contributed by atoms with Gasteiger partial charge in [0.1, 0.15) is 11.6 Å². The maximum absolute atomic E-state index is 14.6. The first-order valence-corrected chi connectivity index (χ1v) is 8.90. The summed E-state index contributed by atoms with van der Waals surface area (Å²) in [6.45, 7) is 7.70. The van der Waals surface area contributed by atoms with Gasteiger partial charge in [-0.1, -0.05) is 38.1 Å². The molecule has 0 bridgehead atoms. The van der Waals surface area contributed by atoms with Crippen LogP contribution in [0.1, 0.15) is 45.6 Å². The minimum Gasteiger partial charge on any atom is -0.463 e. The van der Waals surface area contributed by atoms with Crippen LogP contribution in [0.25, 0.3) is 0 Å². The van der Waals surface area contributed by atoms with Crippen molar-refractivity contribution in [3.63, 3.8) is 0 Å². The largest absolute Gasteiger partial charge is 0.463 e.